The second kappa shape index (κ2) is 20.0. The molecule has 0 radical (unpaired) electrons. The van der Waals surface area contributed by atoms with Crippen molar-refractivity contribution in [3.05, 3.63) is 0 Å². The molecule has 14 heteroatoms. The molecule has 0 atom stereocenters. The summed E-state index contributed by atoms with van der Waals surface area (Å²) >= 11 is 13.1. The maximum atomic E-state index is 11.4. The third kappa shape index (κ3) is 20.2. The Morgan fingerprint density at radius 1 is 0.688 bits per heavy atom. The van der Waals surface area contributed by atoms with Crippen molar-refractivity contribution >= 4 is 69.6 Å². The highest BCUT2D eigenvalue weighted by Crippen LogP contribution is 2.61. The summed E-state index contributed by atoms with van der Waals surface area (Å²) < 4.78 is 21.6. The van der Waals surface area contributed by atoms with Crippen LogP contribution in [-0.4, -0.2) is 61.8 Å². The summed E-state index contributed by atoms with van der Waals surface area (Å²) in [4.78, 5) is 22.9. The van der Waals surface area contributed by atoms with Gasteiger partial charge in [-0.05, 0) is 79.0 Å². The first-order chi connectivity index (χ1) is 14.9. The van der Waals surface area contributed by atoms with Crippen LogP contribution >= 0.6 is 34.2 Å². The monoisotopic (exact) mass is 570 g/mol. The second-order valence-corrected chi connectivity index (χ2v) is 19.2. The number of hydrogen-bond donors (Lipinski definition) is 2. The van der Waals surface area contributed by atoms with Gasteiger partial charge < -0.3 is 28.7 Å². The van der Waals surface area contributed by atoms with Gasteiger partial charge in [0.25, 0.3) is 0 Å². The van der Waals surface area contributed by atoms with E-state index in [-0.39, 0.29) is 35.4 Å². The molecule has 0 saturated heterocycles. The van der Waals surface area contributed by atoms with Crippen molar-refractivity contribution in [2.75, 3.05) is 37.9 Å². The Labute approximate surface area is 212 Å². The molecule has 0 aromatic heterocycles. The molecule has 2 amide bonds. The van der Waals surface area contributed by atoms with Gasteiger partial charge in [-0.1, -0.05) is 22.8 Å². The molecule has 0 aromatic carbocycles. The third-order valence-electron chi connectivity index (χ3n) is 2.76. The van der Waals surface area contributed by atoms with Gasteiger partial charge in [0.1, 0.15) is 0 Å². The minimum atomic E-state index is -2.33. The van der Waals surface area contributed by atoms with Crippen LogP contribution in [0.15, 0.2) is 0 Å². The Balaban J connectivity index is 0. The lowest BCUT2D eigenvalue weighted by Gasteiger charge is -2.19. The predicted molar refractivity (Wildman–Crippen MR) is 147 cm³/mol. The minimum absolute atomic E-state index is 0.0337. The lowest BCUT2D eigenvalue weighted by molar-refractivity contribution is -0.119. The molecule has 0 aliphatic carbocycles. The van der Waals surface area contributed by atoms with E-state index >= 15 is 0 Å². The Hall–Kier alpha value is 0.780. The number of rotatable bonds is 16. The van der Waals surface area contributed by atoms with E-state index in [4.69, 9.17) is 41.7 Å². The number of hydrogen-bond acceptors (Lipinski definition) is 10. The van der Waals surface area contributed by atoms with E-state index in [0.29, 0.717) is 26.4 Å². The summed E-state index contributed by atoms with van der Waals surface area (Å²) in [5.74, 6) is 0.507. The normalized spacial score (nSPS) is 11.8. The molecule has 0 rings (SSSR count). The quantitative estimate of drug-likeness (QED) is 0.245. The van der Waals surface area contributed by atoms with E-state index in [1.807, 2.05) is 55.4 Å². The van der Waals surface area contributed by atoms with Gasteiger partial charge in [0.15, 0.2) is 0 Å². The first-order valence-corrected chi connectivity index (χ1v) is 19.0. The molecule has 0 spiro atoms. The van der Waals surface area contributed by atoms with Crippen LogP contribution < -0.4 is 10.6 Å². The van der Waals surface area contributed by atoms with Crippen LogP contribution in [0.3, 0.4) is 0 Å². The van der Waals surface area contributed by atoms with Crippen molar-refractivity contribution in [1.29, 1.82) is 0 Å². The molecular formula is C18H40N2O6P2S4. The fraction of sp³-hybridized carbons (Fsp3) is 0.889. The van der Waals surface area contributed by atoms with E-state index in [2.05, 4.69) is 10.6 Å². The van der Waals surface area contributed by atoms with Crippen LogP contribution in [0, 0.1) is 0 Å². The predicted octanol–water partition coefficient (Wildman–Crippen LogP) is 5.08. The molecular weight excluding hydrogens is 530 g/mol. The number of nitrogens with one attached hydrogen (secondary N) is 2. The molecule has 0 saturated carbocycles. The highest BCUT2D eigenvalue weighted by atomic mass is 32.9. The Morgan fingerprint density at radius 2 is 0.938 bits per heavy atom. The lowest BCUT2D eigenvalue weighted by Crippen LogP contribution is -2.31. The summed E-state index contributed by atoms with van der Waals surface area (Å²) in [5, 5.41) is 5.60. The molecule has 0 bridgehead atoms. The van der Waals surface area contributed by atoms with E-state index in [1.54, 1.807) is 0 Å². The Bertz CT molecular complexity index is 554. The van der Waals surface area contributed by atoms with Gasteiger partial charge in [-0.3, -0.25) is 9.59 Å². The van der Waals surface area contributed by atoms with Crippen molar-refractivity contribution in [2.24, 2.45) is 0 Å². The summed E-state index contributed by atoms with van der Waals surface area (Å²) in [6.07, 6.45) is 0. The van der Waals surface area contributed by atoms with E-state index in [1.165, 1.54) is 22.8 Å². The fourth-order valence-electron chi connectivity index (χ4n) is 1.86. The zero-order valence-corrected chi connectivity index (χ0v) is 25.4. The fourth-order valence-corrected chi connectivity index (χ4v) is 10.3. The summed E-state index contributed by atoms with van der Waals surface area (Å²) in [5.41, 5.74) is -4.65. The molecule has 0 aromatic rings. The van der Waals surface area contributed by atoms with Gasteiger partial charge in [-0.2, -0.15) is 0 Å². The molecule has 8 nitrogen and oxygen atoms in total. The summed E-state index contributed by atoms with van der Waals surface area (Å²) in [7, 11) is 0. The van der Waals surface area contributed by atoms with Crippen molar-refractivity contribution < 1.29 is 27.7 Å². The number of amides is 2. The summed E-state index contributed by atoms with van der Waals surface area (Å²) in [6, 6.07) is 0.287. The first kappa shape index (κ1) is 34.9. The molecule has 0 aliphatic rings. The molecule has 0 unspecified atom stereocenters. The molecule has 192 valence electrons. The maximum absolute atomic E-state index is 11.4. The van der Waals surface area contributed by atoms with Crippen LogP contribution in [0.5, 0.6) is 0 Å². The zero-order valence-electron chi connectivity index (χ0n) is 20.4. The van der Waals surface area contributed by atoms with Gasteiger partial charge in [-0.25, -0.2) is 0 Å². The average molecular weight is 571 g/mol. The average Bonchev–Trinajstić information content (AvgIpc) is 2.65. The SMILES string of the molecule is CCOP(=S)(OCC)SCC(=O)NC(C)C.CCOP(=S)(OCC)SCC(=O)NC(C)C. The van der Waals surface area contributed by atoms with Crippen molar-refractivity contribution in [3.63, 3.8) is 0 Å². The number of carbonyl (C=O) groups is 2. The maximum Gasteiger partial charge on any atom is 0.247 e. The second-order valence-electron chi connectivity index (χ2n) is 6.56. The van der Waals surface area contributed by atoms with Gasteiger partial charge in [0.05, 0.1) is 37.9 Å². The van der Waals surface area contributed by atoms with Crippen LogP contribution in [0.4, 0.5) is 0 Å². The van der Waals surface area contributed by atoms with Crippen molar-refractivity contribution in [1.82, 2.24) is 10.6 Å². The van der Waals surface area contributed by atoms with Gasteiger partial charge in [-0.15, -0.1) is 0 Å². The molecule has 0 heterocycles. The van der Waals surface area contributed by atoms with E-state index < -0.39 is 11.4 Å². The Kier molecular flexibility index (Phi) is 21.9. The van der Waals surface area contributed by atoms with Crippen LogP contribution in [0.25, 0.3) is 0 Å². The molecule has 32 heavy (non-hydrogen) atoms. The van der Waals surface area contributed by atoms with Crippen molar-refractivity contribution in [2.45, 2.75) is 67.5 Å². The topological polar surface area (TPSA) is 95.1 Å². The molecule has 0 fully saturated rings. The standard InChI is InChI=1S/2C9H20NO3PS2/c2*1-5-12-14(15,13-6-2)16-7-9(11)10-8(3)4/h2*8H,5-7H2,1-4H3,(H,10,11). The van der Waals surface area contributed by atoms with E-state index in [0.717, 1.165) is 0 Å². The first-order valence-electron chi connectivity index (χ1n) is 10.5. The van der Waals surface area contributed by atoms with Crippen molar-refractivity contribution in [3.8, 4) is 0 Å². The van der Waals surface area contributed by atoms with E-state index in [9.17, 15) is 9.59 Å². The highest BCUT2D eigenvalue weighted by molar-refractivity contribution is 8.68. The lowest BCUT2D eigenvalue weighted by atomic mass is 10.4. The summed E-state index contributed by atoms with van der Waals surface area (Å²) in [6.45, 7) is 17.2. The highest BCUT2D eigenvalue weighted by Gasteiger charge is 2.21. The van der Waals surface area contributed by atoms with Crippen LogP contribution in [-0.2, 0) is 51.3 Å². The zero-order chi connectivity index (χ0) is 25.2. The van der Waals surface area contributed by atoms with Crippen LogP contribution in [0.1, 0.15) is 55.4 Å². The van der Waals surface area contributed by atoms with Crippen LogP contribution in [0.2, 0.25) is 0 Å². The molecule has 0 aliphatic heterocycles. The smallest absolute Gasteiger partial charge is 0.247 e. The third-order valence-corrected chi connectivity index (χ3v) is 13.6. The largest absolute Gasteiger partial charge is 0.353 e. The van der Waals surface area contributed by atoms with Gasteiger partial charge in [0.2, 0.25) is 23.2 Å². The Morgan fingerprint density at radius 3 is 1.12 bits per heavy atom. The van der Waals surface area contributed by atoms with Gasteiger partial charge in [0, 0.05) is 12.1 Å². The van der Waals surface area contributed by atoms with Gasteiger partial charge >= 0.3 is 0 Å². The molecule has 2 N–H and O–H groups in total. The number of carbonyl (C=O) groups excluding carboxylic acids is 2. The minimum Gasteiger partial charge on any atom is -0.353 e.